The molecular formula is C15H26N2O4. The third kappa shape index (κ3) is 7.11. The summed E-state index contributed by atoms with van der Waals surface area (Å²) in [5.41, 5.74) is 0. The molecule has 0 spiro atoms. The maximum absolute atomic E-state index is 11.8. The summed E-state index contributed by atoms with van der Waals surface area (Å²) in [7, 11) is 0. The second-order valence-corrected chi connectivity index (χ2v) is 6.12. The average Bonchev–Trinajstić information content (AvgIpc) is 2.38. The molecule has 3 N–H and O–H groups in total. The highest BCUT2D eigenvalue weighted by molar-refractivity contribution is 5.94. The van der Waals surface area contributed by atoms with Gasteiger partial charge < -0.3 is 10.4 Å². The van der Waals surface area contributed by atoms with Gasteiger partial charge in [-0.15, -0.1) is 0 Å². The number of carboxylic acid groups (broad SMARTS) is 1. The molecule has 1 fully saturated rings. The van der Waals surface area contributed by atoms with Crippen molar-refractivity contribution in [2.24, 2.45) is 11.8 Å². The van der Waals surface area contributed by atoms with Gasteiger partial charge in [-0.2, -0.15) is 0 Å². The number of hydrogen-bond donors (Lipinski definition) is 3. The Morgan fingerprint density at radius 3 is 2.38 bits per heavy atom. The first-order chi connectivity index (χ1) is 9.88. The molecular weight excluding hydrogens is 272 g/mol. The lowest BCUT2D eigenvalue weighted by molar-refractivity contribution is -0.137. The first-order valence-electron chi connectivity index (χ1n) is 7.70. The predicted octanol–water partition coefficient (Wildman–Crippen LogP) is 2.28. The van der Waals surface area contributed by atoms with Crippen molar-refractivity contribution < 1.29 is 19.5 Å². The first-order valence-corrected chi connectivity index (χ1v) is 7.70. The van der Waals surface area contributed by atoms with Crippen LogP contribution in [0.1, 0.15) is 58.8 Å². The SMILES string of the molecule is CC1CCC(NC(=O)NC(=O)CCCCC(=O)O)C(C)C1. The minimum absolute atomic E-state index is 0.0528. The number of imide groups is 1. The molecule has 0 saturated heterocycles. The second-order valence-electron chi connectivity index (χ2n) is 6.12. The lowest BCUT2D eigenvalue weighted by Crippen LogP contribution is -2.48. The fraction of sp³-hybridized carbons (Fsp3) is 0.800. The maximum Gasteiger partial charge on any atom is 0.321 e. The molecule has 1 aliphatic carbocycles. The number of amides is 3. The molecule has 6 nitrogen and oxygen atoms in total. The normalized spacial score (nSPS) is 25.1. The minimum Gasteiger partial charge on any atom is -0.481 e. The summed E-state index contributed by atoms with van der Waals surface area (Å²) in [5.74, 6) is -0.106. The van der Waals surface area contributed by atoms with E-state index in [4.69, 9.17) is 5.11 Å². The maximum atomic E-state index is 11.8. The Balaban J connectivity index is 2.20. The van der Waals surface area contributed by atoms with Crippen LogP contribution in [0.2, 0.25) is 0 Å². The zero-order valence-corrected chi connectivity index (χ0v) is 12.9. The van der Waals surface area contributed by atoms with Crippen LogP contribution in [0.4, 0.5) is 4.79 Å². The van der Waals surface area contributed by atoms with E-state index in [1.54, 1.807) is 0 Å². The Morgan fingerprint density at radius 2 is 1.76 bits per heavy atom. The van der Waals surface area contributed by atoms with Gasteiger partial charge in [0, 0.05) is 18.9 Å². The van der Waals surface area contributed by atoms with Crippen molar-refractivity contribution in [2.75, 3.05) is 0 Å². The van der Waals surface area contributed by atoms with Gasteiger partial charge in [0.15, 0.2) is 0 Å². The average molecular weight is 298 g/mol. The molecule has 0 aromatic rings. The van der Waals surface area contributed by atoms with Gasteiger partial charge in [0.1, 0.15) is 0 Å². The fourth-order valence-electron chi connectivity index (χ4n) is 2.84. The molecule has 1 rings (SSSR count). The summed E-state index contributed by atoms with van der Waals surface area (Å²) in [4.78, 5) is 33.6. The third-order valence-electron chi connectivity index (χ3n) is 4.05. The molecule has 3 amide bonds. The van der Waals surface area contributed by atoms with E-state index < -0.39 is 12.0 Å². The number of carbonyl (C=O) groups excluding carboxylic acids is 2. The van der Waals surface area contributed by atoms with E-state index in [1.807, 2.05) is 0 Å². The van der Waals surface area contributed by atoms with Crippen LogP contribution in [0.25, 0.3) is 0 Å². The van der Waals surface area contributed by atoms with Crippen LogP contribution in [0.3, 0.4) is 0 Å². The van der Waals surface area contributed by atoms with Crippen molar-refractivity contribution in [1.82, 2.24) is 10.6 Å². The zero-order chi connectivity index (χ0) is 15.8. The summed E-state index contributed by atoms with van der Waals surface area (Å²) < 4.78 is 0. The van der Waals surface area contributed by atoms with Crippen LogP contribution in [-0.2, 0) is 9.59 Å². The molecule has 0 aromatic carbocycles. The highest BCUT2D eigenvalue weighted by Gasteiger charge is 2.26. The van der Waals surface area contributed by atoms with Crippen molar-refractivity contribution in [3.8, 4) is 0 Å². The van der Waals surface area contributed by atoms with Gasteiger partial charge in [-0.1, -0.05) is 13.8 Å². The number of unbranched alkanes of at least 4 members (excludes halogenated alkanes) is 1. The van der Waals surface area contributed by atoms with Crippen LogP contribution in [-0.4, -0.2) is 29.1 Å². The third-order valence-corrected chi connectivity index (χ3v) is 4.05. The predicted molar refractivity (Wildman–Crippen MR) is 78.7 cm³/mol. The van der Waals surface area contributed by atoms with Crippen molar-refractivity contribution in [3.05, 3.63) is 0 Å². The molecule has 0 aromatic heterocycles. The van der Waals surface area contributed by atoms with Gasteiger partial charge in [0.25, 0.3) is 0 Å². The fourth-order valence-corrected chi connectivity index (χ4v) is 2.84. The summed E-state index contributed by atoms with van der Waals surface area (Å²) in [6, 6.07) is -0.314. The Morgan fingerprint density at radius 1 is 1.10 bits per heavy atom. The molecule has 21 heavy (non-hydrogen) atoms. The van der Waals surface area contributed by atoms with E-state index in [-0.39, 0.29) is 24.8 Å². The molecule has 1 saturated carbocycles. The number of urea groups is 1. The van der Waals surface area contributed by atoms with Gasteiger partial charge in [-0.05, 0) is 43.9 Å². The molecule has 3 unspecified atom stereocenters. The molecule has 6 heteroatoms. The summed E-state index contributed by atoms with van der Waals surface area (Å²) >= 11 is 0. The summed E-state index contributed by atoms with van der Waals surface area (Å²) in [5, 5.41) is 13.7. The van der Waals surface area contributed by atoms with Gasteiger partial charge >= 0.3 is 12.0 Å². The Hall–Kier alpha value is -1.59. The van der Waals surface area contributed by atoms with E-state index >= 15 is 0 Å². The molecule has 0 radical (unpaired) electrons. The summed E-state index contributed by atoms with van der Waals surface area (Å²) in [6.07, 6.45) is 4.29. The number of rotatable bonds is 6. The molecule has 0 bridgehead atoms. The topological polar surface area (TPSA) is 95.5 Å². The van der Waals surface area contributed by atoms with Crippen molar-refractivity contribution >= 4 is 17.9 Å². The van der Waals surface area contributed by atoms with Gasteiger partial charge in [-0.3, -0.25) is 14.9 Å². The van der Waals surface area contributed by atoms with Crippen molar-refractivity contribution in [2.45, 2.75) is 64.8 Å². The Labute approximate surface area is 125 Å². The standard InChI is InChI=1S/C15H26N2O4/c1-10-7-8-12(11(2)9-10)16-15(21)17-13(18)5-3-4-6-14(19)20/h10-12H,3-9H2,1-2H3,(H,19,20)(H2,16,17,18,21). The monoisotopic (exact) mass is 298 g/mol. The summed E-state index contributed by atoms with van der Waals surface area (Å²) in [6.45, 7) is 4.34. The van der Waals surface area contributed by atoms with Crippen LogP contribution in [0.15, 0.2) is 0 Å². The molecule has 0 aliphatic heterocycles. The number of hydrogen-bond acceptors (Lipinski definition) is 3. The quantitative estimate of drug-likeness (QED) is 0.655. The largest absolute Gasteiger partial charge is 0.481 e. The number of carbonyl (C=O) groups is 3. The van der Waals surface area contributed by atoms with Gasteiger partial charge in [0.05, 0.1) is 0 Å². The lowest BCUT2D eigenvalue weighted by atomic mass is 9.80. The van der Waals surface area contributed by atoms with E-state index in [0.29, 0.717) is 24.7 Å². The number of nitrogens with one attached hydrogen (secondary N) is 2. The Kier molecular flexibility index (Phi) is 7.19. The van der Waals surface area contributed by atoms with Crippen molar-refractivity contribution in [1.29, 1.82) is 0 Å². The van der Waals surface area contributed by atoms with Crippen LogP contribution in [0, 0.1) is 11.8 Å². The van der Waals surface area contributed by atoms with E-state index in [2.05, 4.69) is 24.5 Å². The highest BCUT2D eigenvalue weighted by atomic mass is 16.4. The molecule has 3 atom stereocenters. The van der Waals surface area contributed by atoms with E-state index in [0.717, 1.165) is 19.3 Å². The van der Waals surface area contributed by atoms with Crippen LogP contribution < -0.4 is 10.6 Å². The van der Waals surface area contributed by atoms with E-state index in [9.17, 15) is 14.4 Å². The zero-order valence-electron chi connectivity index (χ0n) is 12.9. The minimum atomic E-state index is -0.867. The molecule has 120 valence electrons. The van der Waals surface area contributed by atoms with Crippen LogP contribution >= 0.6 is 0 Å². The van der Waals surface area contributed by atoms with Crippen molar-refractivity contribution in [3.63, 3.8) is 0 Å². The highest BCUT2D eigenvalue weighted by Crippen LogP contribution is 2.28. The van der Waals surface area contributed by atoms with E-state index in [1.165, 1.54) is 0 Å². The van der Waals surface area contributed by atoms with Gasteiger partial charge in [0.2, 0.25) is 5.91 Å². The molecule has 0 heterocycles. The smallest absolute Gasteiger partial charge is 0.321 e. The number of aliphatic carboxylic acids is 1. The second kappa shape index (κ2) is 8.64. The van der Waals surface area contributed by atoms with Gasteiger partial charge in [-0.25, -0.2) is 4.79 Å². The number of carboxylic acids is 1. The molecule has 1 aliphatic rings. The van der Waals surface area contributed by atoms with Crippen LogP contribution in [0.5, 0.6) is 0 Å². The lowest BCUT2D eigenvalue weighted by Gasteiger charge is -2.33. The Bertz CT molecular complexity index is 384. The first kappa shape index (κ1) is 17.5.